The number of benzene rings is 2. The van der Waals surface area contributed by atoms with E-state index in [9.17, 15) is 14.9 Å². The van der Waals surface area contributed by atoms with Crippen LogP contribution in [-0.2, 0) is 20.9 Å². The molecule has 8 heteroatoms. The highest BCUT2D eigenvalue weighted by Crippen LogP contribution is 2.25. The zero-order valence-electron chi connectivity index (χ0n) is 17.3. The molecule has 0 aliphatic carbocycles. The van der Waals surface area contributed by atoms with Crippen LogP contribution in [0.1, 0.15) is 5.56 Å². The maximum Gasteiger partial charge on any atom is 0.266 e. The zero-order chi connectivity index (χ0) is 22.5. The fraction of sp³-hybridized carbons (Fsp3) is 0.208. The molecule has 1 aliphatic heterocycles. The maximum absolute atomic E-state index is 12.7. The number of morpholine rings is 1. The predicted molar refractivity (Wildman–Crippen MR) is 123 cm³/mol. The molecule has 0 unspecified atom stereocenters. The smallest absolute Gasteiger partial charge is 0.266 e. The summed E-state index contributed by atoms with van der Waals surface area (Å²) in [7, 11) is 0. The molecule has 4 rings (SSSR count). The Morgan fingerprint density at radius 3 is 2.59 bits per heavy atom. The summed E-state index contributed by atoms with van der Waals surface area (Å²) in [6.07, 6.45) is 3.33. The standard InChI is InChI=1S/C24H21ClN4O3/c25-20-6-2-3-7-21(20)27-24(31)17(14-26)13-18-15-29(22-8-4-1-5-19(18)22)16-23(30)28-9-11-32-12-10-28/h1-8,13,15H,9-12,16H2,(H,27,31)/b17-13+. The lowest BCUT2D eigenvalue weighted by Gasteiger charge is -2.27. The SMILES string of the molecule is N#C/C(=C\c1cn(CC(=O)N2CCOCC2)c2ccccc12)C(=O)Nc1ccccc1Cl. The molecule has 0 spiro atoms. The van der Waals surface area contributed by atoms with Gasteiger partial charge in [-0.25, -0.2) is 0 Å². The summed E-state index contributed by atoms with van der Waals surface area (Å²) in [4.78, 5) is 27.2. The van der Waals surface area contributed by atoms with Gasteiger partial charge in [-0.1, -0.05) is 41.9 Å². The second kappa shape index (κ2) is 9.69. The maximum atomic E-state index is 12.7. The average Bonchev–Trinajstić information content (AvgIpc) is 3.16. The van der Waals surface area contributed by atoms with E-state index < -0.39 is 5.91 Å². The zero-order valence-corrected chi connectivity index (χ0v) is 18.0. The van der Waals surface area contributed by atoms with Gasteiger partial charge in [0.05, 0.1) is 23.9 Å². The molecule has 1 aliphatic rings. The highest BCUT2D eigenvalue weighted by atomic mass is 35.5. The average molecular weight is 449 g/mol. The van der Waals surface area contributed by atoms with Gasteiger partial charge in [0.1, 0.15) is 18.2 Å². The fourth-order valence-electron chi connectivity index (χ4n) is 3.64. The van der Waals surface area contributed by atoms with E-state index >= 15 is 0 Å². The van der Waals surface area contributed by atoms with Crippen LogP contribution in [0.25, 0.3) is 17.0 Å². The van der Waals surface area contributed by atoms with Crippen molar-refractivity contribution < 1.29 is 14.3 Å². The third kappa shape index (κ3) is 4.67. The number of halogens is 1. The van der Waals surface area contributed by atoms with Crippen molar-refractivity contribution in [2.45, 2.75) is 6.54 Å². The molecule has 1 N–H and O–H groups in total. The Balaban J connectivity index is 1.62. The van der Waals surface area contributed by atoms with E-state index in [4.69, 9.17) is 16.3 Å². The van der Waals surface area contributed by atoms with E-state index in [1.165, 1.54) is 6.08 Å². The first-order chi connectivity index (χ1) is 15.6. The minimum atomic E-state index is -0.554. The molecule has 3 aromatic rings. The van der Waals surface area contributed by atoms with Crippen LogP contribution in [0, 0.1) is 11.3 Å². The minimum Gasteiger partial charge on any atom is -0.378 e. The van der Waals surface area contributed by atoms with E-state index in [2.05, 4.69) is 5.32 Å². The van der Waals surface area contributed by atoms with Crippen LogP contribution in [0.2, 0.25) is 5.02 Å². The van der Waals surface area contributed by atoms with Gasteiger partial charge in [-0.2, -0.15) is 5.26 Å². The molecule has 0 bridgehead atoms. The van der Waals surface area contributed by atoms with E-state index in [0.717, 1.165) is 10.9 Å². The second-order valence-electron chi connectivity index (χ2n) is 7.33. The third-order valence-corrected chi connectivity index (χ3v) is 5.61. The van der Waals surface area contributed by atoms with Gasteiger partial charge >= 0.3 is 0 Å². The number of nitriles is 1. The van der Waals surface area contributed by atoms with Gasteiger partial charge in [0.2, 0.25) is 5.91 Å². The quantitative estimate of drug-likeness (QED) is 0.476. The van der Waals surface area contributed by atoms with Crippen LogP contribution in [0.15, 0.2) is 60.3 Å². The van der Waals surface area contributed by atoms with E-state index in [1.54, 1.807) is 35.4 Å². The van der Waals surface area contributed by atoms with Crippen LogP contribution in [0.3, 0.4) is 0 Å². The van der Waals surface area contributed by atoms with Crippen molar-refractivity contribution >= 4 is 46.1 Å². The molecule has 1 aromatic heterocycles. The van der Waals surface area contributed by atoms with Crippen molar-refractivity contribution in [3.8, 4) is 6.07 Å². The van der Waals surface area contributed by atoms with Crippen molar-refractivity contribution in [2.24, 2.45) is 0 Å². The summed E-state index contributed by atoms with van der Waals surface area (Å²) in [6.45, 7) is 2.40. The van der Waals surface area contributed by atoms with E-state index in [-0.39, 0.29) is 18.0 Å². The first kappa shape index (κ1) is 21.6. The van der Waals surface area contributed by atoms with Crippen LogP contribution in [-0.4, -0.2) is 47.6 Å². The predicted octanol–water partition coefficient (Wildman–Crippen LogP) is 3.70. The number of hydrogen-bond acceptors (Lipinski definition) is 4. The molecule has 2 aromatic carbocycles. The molecule has 0 radical (unpaired) electrons. The van der Waals surface area contributed by atoms with Crippen molar-refractivity contribution in [1.29, 1.82) is 5.26 Å². The summed E-state index contributed by atoms with van der Waals surface area (Å²) < 4.78 is 7.16. The number of rotatable bonds is 5. The third-order valence-electron chi connectivity index (χ3n) is 5.28. The number of amides is 2. The van der Waals surface area contributed by atoms with Crippen LogP contribution in [0.5, 0.6) is 0 Å². The Morgan fingerprint density at radius 2 is 1.84 bits per heavy atom. The molecule has 1 saturated heterocycles. The Kier molecular flexibility index (Phi) is 6.55. The van der Waals surface area contributed by atoms with Crippen LogP contribution < -0.4 is 5.32 Å². The van der Waals surface area contributed by atoms with Crippen LogP contribution >= 0.6 is 11.6 Å². The minimum absolute atomic E-state index is 0.00144. The highest BCUT2D eigenvalue weighted by Gasteiger charge is 2.19. The van der Waals surface area contributed by atoms with Crippen molar-refractivity contribution in [3.63, 3.8) is 0 Å². The molecule has 7 nitrogen and oxygen atoms in total. The molecular weight excluding hydrogens is 428 g/mol. The Labute approximate surface area is 190 Å². The molecule has 2 amide bonds. The lowest BCUT2D eigenvalue weighted by atomic mass is 10.1. The molecule has 0 saturated carbocycles. The molecule has 162 valence electrons. The molecule has 0 atom stereocenters. The molecule has 2 heterocycles. The Morgan fingerprint density at radius 1 is 1.12 bits per heavy atom. The molecule has 32 heavy (non-hydrogen) atoms. The van der Waals surface area contributed by atoms with Gasteiger partial charge in [-0.3, -0.25) is 9.59 Å². The number of carbonyl (C=O) groups excluding carboxylic acids is 2. The highest BCUT2D eigenvalue weighted by molar-refractivity contribution is 6.34. The number of aromatic nitrogens is 1. The number of para-hydroxylation sites is 2. The number of nitrogens with one attached hydrogen (secondary N) is 1. The molecule has 1 fully saturated rings. The molecular formula is C24H21ClN4O3. The lowest BCUT2D eigenvalue weighted by molar-refractivity contribution is -0.135. The van der Waals surface area contributed by atoms with Gasteiger partial charge in [-0.05, 0) is 24.3 Å². The first-order valence-electron chi connectivity index (χ1n) is 10.2. The van der Waals surface area contributed by atoms with Crippen LogP contribution in [0.4, 0.5) is 5.69 Å². The number of fused-ring (bicyclic) bond motifs is 1. The normalized spacial score (nSPS) is 14.2. The van der Waals surface area contributed by atoms with Gasteiger partial charge in [0, 0.05) is 35.8 Å². The summed E-state index contributed by atoms with van der Waals surface area (Å²) in [6, 6.07) is 16.4. The van der Waals surface area contributed by atoms with Crippen molar-refractivity contribution in [1.82, 2.24) is 9.47 Å². The van der Waals surface area contributed by atoms with Gasteiger partial charge in [-0.15, -0.1) is 0 Å². The van der Waals surface area contributed by atoms with Gasteiger partial charge in [0.15, 0.2) is 0 Å². The van der Waals surface area contributed by atoms with Crippen molar-refractivity contribution in [3.05, 3.63) is 70.9 Å². The van der Waals surface area contributed by atoms with E-state index in [1.807, 2.05) is 34.9 Å². The largest absolute Gasteiger partial charge is 0.378 e. The topological polar surface area (TPSA) is 87.4 Å². The lowest BCUT2D eigenvalue weighted by Crippen LogP contribution is -2.42. The summed E-state index contributed by atoms with van der Waals surface area (Å²) in [5.41, 5.74) is 1.90. The van der Waals surface area contributed by atoms with Crippen molar-refractivity contribution in [2.75, 3.05) is 31.6 Å². The fourth-order valence-corrected chi connectivity index (χ4v) is 3.82. The Bertz CT molecular complexity index is 1240. The number of hydrogen-bond donors (Lipinski definition) is 1. The number of anilines is 1. The Hall–Kier alpha value is -3.60. The summed E-state index contributed by atoms with van der Waals surface area (Å²) in [5.74, 6) is -0.552. The van der Waals surface area contributed by atoms with Gasteiger partial charge < -0.3 is 19.5 Å². The monoisotopic (exact) mass is 448 g/mol. The van der Waals surface area contributed by atoms with E-state index in [0.29, 0.717) is 42.6 Å². The summed E-state index contributed by atoms with van der Waals surface area (Å²) >= 11 is 6.11. The first-order valence-corrected chi connectivity index (χ1v) is 10.6. The summed E-state index contributed by atoms with van der Waals surface area (Å²) in [5, 5.41) is 13.5. The second-order valence-corrected chi connectivity index (χ2v) is 7.73. The number of ether oxygens (including phenoxy) is 1. The number of nitrogens with zero attached hydrogens (tertiary/aromatic N) is 3. The van der Waals surface area contributed by atoms with Gasteiger partial charge in [0.25, 0.3) is 5.91 Å². The number of carbonyl (C=O) groups is 2.